The van der Waals surface area contributed by atoms with E-state index in [1.165, 1.54) is 7.05 Å². The van der Waals surface area contributed by atoms with Gasteiger partial charge < -0.3 is 15.4 Å². The number of carbonyl (C=O) groups is 1. The van der Waals surface area contributed by atoms with Gasteiger partial charge in [0.1, 0.15) is 46.2 Å². The van der Waals surface area contributed by atoms with E-state index in [0.29, 0.717) is 24.5 Å². The summed E-state index contributed by atoms with van der Waals surface area (Å²) in [6.07, 6.45) is -3.36. The average molecular weight is 406 g/mol. The van der Waals surface area contributed by atoms with Crippen molar-refractivity contribution < 1.29 is 22.7 Å². The van der Waals surface area contributed by atoms with Crippen molar-refractivity contribution in [1.82, 2.24) is 19.7 Å². The van der Waals surface area contributed by atoms with E-state index in [1.54, 1.807) is 17.7 Å². The SMILES string of the molecule is BC(B)(B)n1nc([C@]2(C)CCOC2=O)cc1Nc1ncc(C(F)(F)F)c(NC)n1. The number of cyclic esters (lactones) is 1. The van der Waals surface area contributed by atoms with Crippen molar-refractivity contribution in [3.63, 3.8) is 0 Å². The molecule has 2 aromatic heterocycles. The first kappa shape index (κ1) is 21.1. The molecule has 0 bridgehead atoms. The predicted molar refractivity (Wildman–Crippen MR) is 109 cm³/mol. The minimum atomic E-state index is -4.57. The Hall–Kier alpha value is -2.66. The van der Waals surface area contributed by atoms with Crippen LogP contribution >= 0.6 is 0 Å². The number of hydrogen-bond acceptors (Lipinski definition) is 7. The molecule has 1 aliphatic heterocycles. The maximum atomic E-state index is 13.1. The van der Waals surface area contributed by atoms with Crippen LogP contribution in [-0.4, -0.2) is 62.9 Å². The van der Waals surface area contributed by atoms with E-state index in [0.717, 1.165) is 6.20 Å². The molecule has 0 spiro atoms. The van der Waals surface area contributed by atoms with Gasteiger partial charge in [-0.25, -0.2) is 4.98 Å². The molecule has 1 aliphatic rings. The van der Waals surface area contributed by atoms with Gasteiger partial charge in [0.05, 0.1) is 12.3 Å². The van der Waals surface area contributed by atoms with Crippen LogP contribution in [0.5, 0.6) is 0 Å². The molecular formula is C15H20B3F3N6O2. The van der Waals surface area contributed by atoms with Gasteiger partial charge in [0, 0.05) is 25.7 Å². The summed E-state index contributed by atoms with van der Waals surface area (Å²) in [5.41, 5.74) is -1.33. The molecule has 0 aromatic carbocycles. The van der Waals surface area contributed by atoms with E-state index in [1.807, 2.05) is 23.5 Å². The number of ether oxygens (including phenoxy) is 1. The Morgan fingerprint density at radius 1 is 1.31 bits per heavy atom. The number of nitrogens with zero attached hydrogens (tertiary/aromatic N) is 4. The van der Waals surface area contributed by atoms with Gasteiger partial charge in [-0.05, 0) is 12.2 Å². The summed E-state index contributed by atoms with van der Waals surface area (Å²) in [5.74, 6) is -0.275. The van der Waals surface area contributed by atoms with Crippen LogP contribution in [0, 0.1) is 0 Å². The molecule has 0 saturated carbocycles. The third-order valence-corrected chi connectivity index (χ3v) is 4.77. The highest BCUT2D eigenvalue weighted by Crippen LogP contribution is 2.36. The number of rotatable bonds is 5. The summed E-state index contributed by atoms with van der Waals surface area (Å²) in [7, 11) is 7.09. The number of esters is 1. The monoisotopic (exact) mass is 406 g/mol. The summed E-state index contributed by atoms with van der Waals surface area (Å²) in [6, 6.07) is 1.68. The van der Waals surface area contributed by atoms with Gasteiger partial charge in [-0.3, -0.25) is 9.48 Å². The summed E-state index contributed by atoms with van der Waals surface area (Å²) in [4.78, 5) is 19.9. The zero-order valence-corrected chi connectivity index (χ0v) is 16.8. The van der Waals surface area contributed by atoms with E-state index >= 15 is 0 Å². The number of aromatic nitrogens is 4. The fraction of sp³-hybridized carbons (Fsp3) is 0.467. The van der Waals surface area contributed by atoms with Gasteiger partial charge in [-0.15, -0.1) is 0 Å². The lowest BCUT2D eigenvalue weighted by atomic mass is 9.49. The molecule has 0 unspecified atom stereocenters. The molecule has 1 atom stereocenters. The standard InChI is InChI=1S/C15H20B3F3N6O2/c1-13(3-4-29-11(13)28)8-5-9(27(26-8)15(16,17)18)24-12-23-6-7(14(19,20)21)10(22-2)25-12/h5-6H,3-4,16-18H2,1-2H3,(H2,22,23,24,25)/t13-/m0/s1. The summed E-state index contributed by atoms with van der Waals surface area (Å²) in [5, 5.41) is 9.48. The number of hydrogen-bond donors (Lipinski definition) is 2. The first-order valence-electron chi connectivity index (χ1n) is 9.03. The van der Waals surface area contributed by atoms with Crippen LogP contribution in [0.25, 0.3) is 0 Å². The van der Waals surface area contributed by atoms with Crippen LogP contribution in [0.4, 0.5) is 30.8 Å². The van der Waals surface area contributed by atoms with E-state index in [9.17, 15) is 18.0 Å². The highest BCUT2D eigenvalue weighted by molar-refractivity contribution is 6.56. The fourth-order valence-corrected chi connectivity index (χ4v) is 3.05. The smallest absolute Gasteiger partial charge is 0.421 e. The molecule has 3 rings (SSSR count). The molecule has 2 aromatic rings. The molecule has 1 fully saturated rings. The molecule has 8 nitrogen and oxygen atoms in total. The van der Waals surface area contributed by atoms with E-state index in [-0.39, 0.29) is 17.7 Å². The second-order valence-electron chi connectivity index (χ2n) is 8.04. The van der Waals surface area contributed by atoms with Gasteiger partial charge in [0.25, 0.3) is 0 Å². The molecular weight excluding hydrogens is 386 g/mol. The van der Waals surface area contributed by atoms with Crippen molar-refractivity contribution in [2.45, 2.75) is 30.2 Å². The molecule has 0 radical (unpaired) electrons. The Morgan fingerprint density at radius 2 is 2.00 bits per heavy atom. The van der Waals surface area contributed by atoms with E-state index in [4.69, 9.17) is 4.74 Å². The van der Waals surface area contributed by atoms with Gasteiger partial charge in [0.2, 0.25) is 5.95 Å². The fourth-order valence-electron chi connectivity index (χ4n) is 3.05. The lowest BCUT2D eigenvalue weighted by Crippen LogP contribution is -2.37. The van der Waals surface area contributed by atoms with Crippen LogP contribution < -0.4 is 10.6 Å². The Kier molecular flexibility index (Phi) is 5.08. The quantitative estimate of drug-likeness (QED) is 0.494. The lowest BCUT2D eigenvalue weighted by Gasteiger charge is -2.23. The highest BCUT2D eigenvalue weighted by Gasteiger charge is 2.44. The molecule has 1 saturated heterocycles. The summed E-state index contributed by atoms with van der Waals surface area (Å²) < 4.78 is 46.0. The van der Waals surface area contributed by atoms with Crippen molar-refractivity contribution in [3.05, 3.63) is 23.5 Å². The van der Waals surface area contributed by atoms with Crippen molar-refractivity contribution in [1.29, 1.82) is 0 Å². The van der Waals surface area contributed by atoms with Crippen LogP contribution in [-0.2, 0) is 26.4 Å². The number of anilines is 3. The topological polar surface area (TPSA) is 94.0 Å². The second kappa shape index (κ2) is 6.99. The minimum absolute atomic E-state index is 0.0292. The molecule has 0 amide bonds. The number of carbonyl (C=O) groups excluding carboxylic acids is 1. The largest absolute Gasteiger partial charge is 0.465 e. The molecule has 14 heteroatoms. The zero-order chi connectivity index (χ0) is 21.6. The maximum absolute atomic E-state index is 13.1. The normalized spacial score (nSPS) is 19.8. The Morgan fingerprint density at radius 3 is 2.52 bits per heavy atom. The number of alkyl halides is 3. The first-order chi connectivity index (χ1) is 13.4. The van der Waals surface area contributed by atoms with E-state index in [2.05, 4.69) is 25.7 Å². The Labute approximate surface area is 168 Å². The van der Waals surface area contributed by atoms with Crippen LogP contribution in [0.2, 0.25) is 0 Å². The van der Waals surface area contributed by atoms with Gasteiger partial charge in [-0.2, -0.15) is 23.3 Å². The van der Waals surface area contributed by atoms with Crippen molar-refractivity contribution >= 4 is 47.1 Å². The number of halogens is 3. The molecule has 29 heavy (non-hydrogen) atoms. The summed E-state index contributed by atoms with van der Waals surface area (Å²) >= 11 is 0. The maximum Gasteiger partial charge on any atom is 0.421 e. The van der Waals surface area contributed by atoms with Gasteiger partial charge >= 0.3 is 12.1 Å². The first-order valence-corrected chi connectivity index (χ1v) is 9.03. The minimum Gasteiger partial charge on any atom is -0.465 e. The van der Waals surface area contributed by atoms with Crippen molar-refractivity contribution in [2.75, 3.05) is 24.3 Å². The van der Waals surface area contributed by atoms with Crippen LogP contribution in [0.1, 0.15) is 24.6 Å². The summed E-state index contributed by atoms with van der Waals surface area (Å²) in [6.45, 7) is 2.07. The molecule has 152 valence electrons. The molecule has 0 aliphatic carbocycles. The van der Waals surface area contributed by atoms with Crippen molar-refractivity contribution in [2.24, 2.45) is 0 Å². The third-order valence-electron chi connectivity index (χ3n) is 4.77. The van der Waals surface area contributed by atoms with E-state index < -0.39 is 22.4 Å². The highest BCUT2D eigenvalue weighted by atomic mass is 19.4. The predicted octanol–water partition coefficient (Wildman–Crippen LogP) is -0.851. The average Bonchev–Trinajstić information content (AvgIpc) is 3.18. The van der Waals surface area contributed by atoms with Crippen molar-refractivity contribution in [3.8, 4) is 0 Å². The zero-order valence-electron chi connectivity index (χ0n) is 16.8. The lowest BCUT2D eigenvalue weighted by molar-refractivity contribution is -0.142. The Balaban J connectivity index is 2.02. The third kappa shape index (κ3) is 3.92. The second-order valence-corrected chi connectivity index (χ2v) is 8.04. The molecule has 2 N–H and O–H groups in total. The van der Waals surface area contributed by atoms with Gasteiger partial charge in [-0.1, -0.05) is 0 Å². The van der Waals surface area contributed by atoms with Crippen LogP contribution in [0.3, 0.4) is 0 Å². The molecule has 3 heterocycles. The van der Waals surface area contributed by atoms with Gasteiger partial charge in [0.15, 0.2) is 0 Å². The van der Waals surface area contributed by atoms with Crippen LogP contribution in [0.15, 0.2) is 12.3 Å². The number of nitrogens with one attached hydrogen (secondary N) is 2. The Bertz CT molecular complexity index is 946.